The fraction of sp³-hybridized carbons (Fsp3) is 0.500. The van der Waals surface area contributed by atoms with Gasteiger partial charge in [0.2, 0.25) is 6.41 Å². The van der Waals surface area contributed by atoms with E-state index in [1.165, 1.54) is 0 Å². The predicted molar refractivity (Wildman–Crippen MR) is 94.8 cm³/mol. The molecule has 1 saturated heterocycles. The van der Waals surface area contributed by atoms with Gasteiger partial charge in [-0.15, -0.1) is 0 Å². The van der Waals surface area contributed by atoms with E-state index >= 15 is 0 Å². The monoisotopic (exact) mass is 330 g/mol. The van der Waals surface area contributed by atoms with Crippen LogP contribution in [0, 0.1) is 6.92 Å². The number of morpholine rings is 1. The van der Waals surface area contributed by atoms with Gasteiger partial charge in [-0.3, -0.25) is 4.79 Å². The van der Waals surface area contributed by atoms with Gasteiger partial charge in [0.15, 0.2) is 0 Å². The molecule has 6 heteroatoms. The third-order valence-electron chi connectivity index (χ3n) is 4.00. The van der Waals surface area contributed by atoms with Crippen molar-refractivity contribution in [3.05, 3.63) is 35.7 Å². The van der Waals surface area contributed by atoms with Crippen molar-refractivity contribution < 1.29 is 9.53 Å². The average molecular weight is 330 g/mol. The Morgan fingerprint density at radius 2 is 2.00 bits per heavy atom. The molecule has 1 aromatic heterocycles. The maximum atomic E-state index is 10.6. The molecule has 1 aromatic carbocycles. The summed E-state index contributed by atoms with van der Waals surface area (Å²) in [5, 5.41) is 16.4. The number of nitrogens with one attached hydrogen (secondary N) is 2. The number of hydrogen-bond acceptors (Lipinski definition) is 5. The van der Waals surface area contributed by atoms with Crippen molar-refractivity contribution >= 4 is 17.2 Å². The van der Waals surface area contributed by atoms with Crippen LogP contribution in [0.1, 0.15) is 32.2 Å². The van der Waals surface area contributed by atoms with Crippen LogP contribution in [0.3, 0.4) is 0 Å². The number of carbonyl (C=O) groups excluding carboxylic acids is 1. The molecule has 3 rings (SSSR count). The summed E-state index contributed by atoms with van der Waals surface area (Å²) in [6, 6.07) is 7.95. The number of hydrogen-bond donors (Lipinski definition) is 2. The fourth-order valence-corrected chi connectivity index (χ4v) is 2.61. The number of rotatable bonds is 3. The summed E-state index contributed by atoms with van der Waals surface area (Å²) < 4.78 is 5.22. The molecule has 0 unspecified atom stereocenters. The number of carbonyl (C=O) groups is 1. The van der Waals surface area contributed by atoms with E-state index in [0.717, 1.165) is 41.9 Å². The highest BCUT2D eigenvalue weighted by molar-refractivity contribution is 5.87. The molecule has 0 bridgehead atoms. The van der Waals surface area contributed by atoms with Gasteiger partial charge in [-0.1, -0.05) is 24.3 Å². The smallest absolute Gasteiger partial charge is 0.207 e. The summed E-state index contributed by atoms with van der Waals surface area (Å²) in [4.78, 5) is 10.6. The van der Waals surface area contributed by atoms with Crippen LogP contribution in [-0.2, 0) is 15.1 Å². The molecule has 1 fully saturated rings. The van der Waals surface area contributed by atoms with Crippen LogP contribution in [0.2, 0.25) is 0 Å². The third kappa shape index (κ3) is 4.49. The summed E-state index contributed by atoms with van der Waals surface area (Å²) in [6.07, 6.45) is 1.12. The number of fused-ring (bicyclic) bond motifs is 1. The number of ether oxygens (including phenoxy) is 1. The molecule has 6 nitrogen and oxygen atoms in total. The maximum Gasteiger partial charge on any atom is 0.207 e. The topological polar surface area (TPSA) is 76.1 Å². The van der Waals surface area contributed by atoms with Crippen molar-refractivity contribution in [1.82, 2.24) is 20.8 Å². The average Bonchev–Trinajstić information content (AvgIpc) is 2.56. The second kappa shape index (κ2) is 8.17. The Balaban J connectivity index is 0.000000249. The van der Waals surface area contributed by atoms with E-state index in [1.54, 1.807) is 0 Å². The lowest BCUT2D eigenvalue weighted by Crippen LogP contribution is -2.36. The van der Waals surface area contributed by atoms with Crippen LogP contribution in [0.5, 0.6) is 0 Å². The first-order valence-electron chi connectivity index (χ1n) is 8.22. The van der Waals surface area contributed by atoms with Gasteiger partial charge in [-0.05, 0) is 27.7 Å². The summed E-state index contributed by atoms with van der Waals surface area (Å²) in [6.45, 7) is 10.7. The second-order valence-electron chi connectivity index (χ2n) is 6.45. The van der Waals surface area contributed by atoms with Crippen LogP contribution >= 0.6 is 0 Å². The predicted octanol–water partition coefficient (Wildman–Crippen LogP) is 1.91. The third-order valence-corrected chi connectivity index (χ3v) is 4.00. The van der Waals surface area contributed by atoms with Crippen molar-refractivity contribution in [2.75, 3.05) is 19.7 Å². The van der Waals surface area contributed by atoms with Gasteiger partial charge < -0.3 is 15.4 Å². The highest BCUT2D eigenvalue weighted by Gasteiger charge is 2.24. The minimum absolute atomic E-state index is 0.425. The molecule has 2 N–H and O–H groups in total. The van der Waals surface area contributed by atoms with Crippen molar-refractivity contribution in [2.24, 2.45) is 0 Å². The summed E-state index contributed by atoms with van der Waals surface area (Å²) in [5.74, 6) is 0. The summed E-state index contributed by atoms with van der Waals surface area (Å²) >= 11 is 0. The molecule has 0 aliphatic carbocycles. The molecule has 1 atom stereocenters. The van der Waals surface area contributed by atoms with Gasteiger partial charge in [0.1, 0.15) is 0 Å². The van der Waals surface area contributed by atoms with Gasteiger partial charge in [-0.25, -0.2) is 0 Å². The van der Waals surface area contributed by atoms with Crippen LogP contribution < -0.4 is 10.6 Å². The standard InChI is InChI=1S/C13H15N3O.C5H11NO/c1-9-10-6-4-5-7-11(10)12(16-15-9)13(2,3)14-8-17;1-5-4-6-2-3-7-5/h4-8H,1-3H3,(H,14,17);5-6H,2-4H2,1H3/t;5-/m.1/s1. The molecular formula is C18H26N4O2. The van der Waals surface area contributed by atoms with Crippen molar-refractivity contribution in [2.45, 2.75) is 39.3 Å². The molecule has 0 saturated carbocycles. The maximum absolute atomic E-state index is 10.6. The Morgan fingerprint density at radius 3 is 2.54 bits per heavy atom. The van der Waals surface area contributed by atoms with Crippen LogP contribution in [0.25, 0.3) is 10.8 Å². The summed E-state index contributed by atoms with van der Waals surface area (Å²) in [7, 11) is 0. The first-order valence-corrected chi connectivity index (χ1v) is 8.22. The van der Waals surface area contributed by atoms with Gasteiger partial charge >= 0.3 is 0 Å². The van der Waals surface area contributed by atoms with E-state index < -0.39 is 5.54 Å². The number of aryl methyl sites for hydroxylation is 1. The van der Waals surface area contributed by atoms with Gasteiger partial charge in [0.05, 0.1) is 29.6 Å². The fourth-order valence-electron chi connectivity index (χ4n) is 2.61. The van der Waals surface area contributed by atoms with Gasteiger partial charge in [0.25, 0.3) is 0 Å². The Morgan fingerprint density at radius 1 is 1.29 bits per heavy atom. The summed E-state index contributed by atoms with van der Waals surface area (Å²) in [5.41, 5.74) is 1.15. The van der Waals surface area contributed by atoms with Crippen LogP contribution in [0.15, 0.2) is 24.3 Å². The Kier molecular flexibility index (Phi) is 6.23. The van der Waals surface area contributed by atoms with Crippen molar-refractivity contribution in [3.63, 3.8) is 0 Å². The SMILES string of the molecule is C[C@@H]1CNCCO1.Cc1nnc(C(C)(C)NC=O)c2ccccc12. The van der Waals surface area contributed by atoms with E-state index in [0.29, 0.717) is 12.5 Å². The molecular weight excluding hydrogens is 304 g/mol. The quantitative estimate of drug-likeness (QED) is 0.841. The second-order valence-corrected chi connectivity index (χ2v) is 6.45. The Labute approximate surface area is 143 Å². The zero-order chi connectivity index (χ0) is 17.6. The molecule has 0 spiro atoms. The highest BCUT2D eigenvalue weighted by Crippen LogP contribution is 2.26. The number of nitrogens with zero attached hydrogens (tertiary/aromatic N) is 2. The molecule has 130 valence electrons. The lowest BCUT2D eigenvalue weighted by Gasteiger charge is -2.24. The molecule has 1 aliphatic rings. The van der Waals surface area contributed by atoms with Gasteiger partial charge in [-0.2, -0.15) is 10.2 Å². The molecule has 2 aromatic rings. The van der Waals surface area contributed by atoms with E-state index in [-0.39, 0.29) is 0 Å². The lowest BCUT2D eigenvalue weighted by molar-refractivity contribution is -0.111. The largest absolute Gasteiger partial charge is 0.376 e. The minimum atomic E-state index is -0.526. The van der Waals surface area contributed by atoms with Crippen molar-refractivity contribution in [1.29, 1.82) is 0 Å². The first kappa shape index (κ1) is 18.3. The van der Waals surface area contributed by atoms with E-state index in [9.17, 15) is 4.79 Å². The number of benzene rings is 1. The van der Waals surface area contributed by atoms with Gasteiger partial charge in [0, 0.05) is 23.9 Å². The zero-order valence-corrected chi connectivity index (χ0v) is 14.8. The zero-order valence-electron chi connectivity index (χ0n) is 14.8. The number of amides is 1. The molecule has 2 heterocycles. The van der Waals surface area contributed by atoms with Crippen LogP contribution in [0.4, 0.5) is 0 Å². The molecule has 1 aliphatic heterocycles. The molecule has 24 heavy (non-hydrogen) atoms. The highest BCUT2D eigenvalue weighted by atomic mass is 16.5. The Bertz CT molecular complexity index is 682. The minimum Gasteiger partial charge on any atom is -0.376 e. The first-order chi connectivity index (χ1) is 11.5. The number of aromatic nitrogens is 2. The van der Waals surface area contributed by atoms with E-state index in [1.807, 2.05) is 45.0 Å². The molecule has 0 radical (unpaired) electrons. The van der Waals surface area contributed by atoms with Crippen molar-refractivity contribution in [3.8, 4) is 0 Å². The molecule has 1 amide bonds. The Hall–Kier alpha value is -2.05. The van der Waals surface area contributed by atoms with Crippen LogP contribution in [-0.4, -0.2) is 42.4 Å². The normalized spacial score (nSPS) is 17.8. The van der Waals surface area contributed by atoms with E-state index in [2.05, 4.69) is 27.8 Å². The van der Waals surface area contributed by atoms with E-state index in [4.69, 9.17) is 4.74 Å². The lowest BCUT2D eigenvalue weighted by atomic mass is 9.95.